The van der Waals surface area contributed by atoms with Gasteiger partial charge >= 0.3 is 0 Å². The minimum atomic E-state index is -3.46. The molecule has 1 unspecified atom stereocenters. The molecule has 0 saturated heterocycles. The zero-order valence-corrected chi connectivity index (χ0v) is 14.6. The van der Waals surface area contributed by atoms with Gasteiger partial charge in [-0.05, 0) is 43.5 Å². The van der Waals surface area contributed by atoms with E-state index in [0.717, 1.165) is 18.4 Å². The number of carbonyl (C=O) groups excluding carboxylic acids is 1. The van der Waals surface area contributed by atoms with E-state index in [1.54, 1.807) is 25.3 Å². The third-order valence-electron chi connectivity index (χ3n) is 3.90. The fourth-order valence-corrected chi connectivity index (χ4v) is 3.32. The van der Waals surface area contributed by atoms with Crippen molar-refractivity contribution >= 4 is 22.0 Å². The Morgan fingerprint density at radius 2 is 2.04 bits per heavy atom. The summed E-state index contributed by atoms with van der Waals surface area (Å²) in [6, 6.07) is 8.31. The van der Waals surface area contributed by atoms with Gasteiger partial charge in [-0.25, -0.2) is 13.1 Å². The highest BCUT2D eigenvalue weighted by Crippen LogP contribution is 2.22. The average molecular weight is 347 g/mol. The van der Waals surface area contributed by atoms with Crippen LogP contribution in [0.1, 0.15) is 31.7 Å². The van der Waals surface area contributed by atoms with Gasteiger partial charge < -0.3 is 4.90 Å². The summed E-state index contributed by atoms with van der Waals surface area (Å²) in [4.78, 5) is 13.7. The molecule has 1 aromatic carbocycles. The molecule has 0 radical (unpaired) electrons. The van der Waals surface area contributed by atoms with Crippen LogP contribution in [0.25, 0.3) is 6.08 Å². The highest BCUT2D eigenvalue weighted by molar-refractivity contribution is 7.89. The summed E-state index contributed by atoms with van der Waals surface area (Å²) in [7, 11) is -1.81. The third-order valence-corrected chi connectivity index (χ3v) is 5.44. The van der Waals surface area contributed by atoms with Gasteiger partial charge in [0.2, 0.25) is 15.9 Å². The first kappa shape index (κ1) is 18.2. The van der Waals surface area contributed by atoms with Crippen molar-refractivity contribution < 1.29 is 13.2 Å². The SMILES string of the molecule is CC(CC#N)N(C)C(=O)C=Cc1ccc(S(=O)(=O)NC2CC2)cc1. The molecule has 1 fully saturated rings. The van der Waals surface area contributed by atoms with Crippen molar-refractivity contribution in [2.45, 2.75) is 43.2 Å². The molecule has 1 aliphatic rings. The van der Waals surface area contributed by atoms with Crippen LogP contribution in [-0.2, 0) is 14.8 Å². The Morgan fingerprint density at radius 3 is 2.58 bits per heavy atom. The number of nitrogens with zero attached hydrogens (tertiary/aromatic N) is 2. The number of amides is 1. The molecule has 1 aliphatic carbocycles. The van der Waals surface area contributed by atoms with Crippen LogP contribution in [0.2, 0.25) is 0 Å². The van der Waals surface area contributed by atoms with Gasteiger partial charge in [-0.2, -0.15) is 5.26 Å². The second-order valence-corrected chi connectivity index (χ2v) is 7.67. The van der Waals surface area contributed by atoms with Crippen molar-refractivity contribution in [3.05, 3.63) is 35.9 Å². The van der Waals surface area contributed by atoms with Crippen LogP contribution in [-0.4, -0.2) is 38.4 Å². The molecule has 1 aromatic rings. The summed E-state index contributed by atoms with van der Waals surface area (Å²) in [6.45, 7) is 1.81. The minimum absolute atomic E-state index is 0.0677. The van der Waals surface area contributed by atoms with E-state index in [-0.39, 0.29) is 29.3 Å². The first-order valence-corrected chi connectivity index (χ1v) is 9.26. The lowest BCUT2D eigenvalue weighted by Gasteiger charge is -2.21. The Balaban J connectivity index is 2.00. The molecule has 0 spiro atoms. The number of rotatable bonds is 7. The van der Waals surface area contributed by atoms with Crippen LogP contribution >= 0.6 is 0 Å². The molecular weight excluding hydrogens is 326 g/mol. The van der Waals surface area contributed by atoms with Crippen molar-refractivity contribution in [2.75, 3.05) is 7.05 Å². The topological polar surface area (TPSA) is 90.3 Å². The largest absolute Gasteiger partial charge is 0.338 e. The first-order valence-electron chi connectivity index (χ1n) is 7.77. The van der Waals surface area contributed by atoms with Gasteiger partial charge in [-0.3, -0.25) is 4.79 Å². The lowest BCUT2D eigenvalue weighted by molar-refractivity contribution is -0.126. The highest BCUT2D eigenvalue weighted by Gasteiger charge is 2.27. The second kappa shape index (κ2) is 7.60. The van der Waals surface area contributed by atoms with Gasteiger partial charge in [0.15, 0.2) is 0 Å². The molecule has 0 bridgehead atoms. The van der Waals surface area contributed by atoms with E-state index in [9.17, 15) is 13.2 Å². The van der Waals surface area contributed by atoms with Crippen LogP contribution < -0.4 is 4.72 Å². The van der Waals surface area contributed by atoms with E-state index < -0.39 is 10.0 Å². The number of hydrogen-bond acceptors (Lipinski definition) is 4. The Bertz CT molecular complexity index is 759. The highest BCUT2D eigenvalue weighted by atomic mass is 32.2. The minimum Gasteiger partial charge on any atom is -0.338 e. The Morgan fingerprint density at radius 1 is 1.42 bits per heavy atom. The van der Waals surface area contributed by atoms with Crippen LogP contribution in [0.15, 0.2) is 35.2 Å². The standard InChI is InChI=1S/C17H21N3O3S/c1-13(11-12-18)20(2)17(21)10-5-14-3-8-16(9-4-14)24(22,23)19-15-6-7-15/h3-5,8-10,13,15,19H,6-7,11H2,1-2H3. The Kier molecular flexibility index (Phi) is 5.75. The molecule has 128 valence electrons. The lowest BCUT2D eigenvalue weighted by atomic mass is 10.2. The normalized spacial score (nSPS) is 15.9. The number of sulfonamides is 1. The average Bonchev–Trinajstić information content (AvgIpc) is 3.35. The molecule has 0 heterocycles. The van der Waals surface area contributed by atoms with Crippen molar-refractivity contribution in [1.29, 1.82) is 5.26 Å². The van der Waals surface area contributed by atoms with Crippen molar-refractivity contribution in [3.63, 3.8) is 0 Å². The van der Waals surface area contributed by atoms with Gasteiger partial charge in [0, 0.05) is 25.2 Å². The smallest absolute Gasteiger partial charge is 0.246 e. The Hall–Kier alpha value is -2.17. The van der Waals surface area contributed by atoms with Crippen LogP contribution in [0.4, 0.5) is 0 Å². The number of nitrogens with one attached hydrogen (secondary N) is 1. The van der Waals surface area contributed by atoms with Gasteiger partial charge in [0.1, 0.15) is 0 Å². The fourth-order valence-electron chi connectivity index (χ4n) is 2.02. The van der Waals surface area contributed by atoms with E-state index in [1.807, 2.05) is 13.0 Å². The fraction of sp³-hybridized carbons (Fsp3) is 0.412. The quantitative estimate of drug-likeness (QED) is 0.763. The molecule has 6 nitrogen and oxygen atoms in total. The van der Waals surface area contributed by atoms with E-state index in [4.69, 9.17) is 5.26 Å². The monoisotopic (exact) mass is 347 g/mol. The summed E-state index contributed by atoms with van der Waals surface area (Å²) in [5, 5.41) is 8.67. The van der Waals surface area contributed by atoms with Gasteiger partial charge in [0.25, 0.3) is 0 Å². The zero-order valence-electron chi connectivity index (χ0n) is 13.8. The second-order valence-electron chi connectivity index (χ2n) is 5.96. The maximum Gasteiger partial charge on any atom is 0.246 e. The van der Waals surface area contributed by atoms with E-state index >= 15 is 0 Å². The van der Waals surface area contributed by atoms with Crippen molar-refractivity contribution in [2.24, 2.45) is 0 Å². The van der Waals surface area contributed by atoms with Crippen molar-refractivity contribution in [1.82, 2.24) is 9.62 Å². The summed E-state index contributed by atoms with van der Waals surface area (Å²) in [6.07, 6.45) is 5.10. The maximum atomic E-state index is 12.1. The molecule has 1 amide bonds. The number of hydrogen-bond donors (Lipinski definition) is 1. The number of likely N-dealkylation sites (N-methyl/N-ethyl adjacent to an activating group) is 1. The molecule has 24 heavy (non-hydrogen) atoms. The molecule has 1 N–H and O–H groups in total. The molecule has 1 saturated carbocycles. The number of nitriles is 1. The summed E-state index contributed by atoms with van der Waals surface area (Å²) in [5.74, 6) is -0.204. The zero-order chi connectivity index (χ0) is 17.7. The van der Waals surface area contributed by atoms with Gasteiger partial charge in [0.05, 0.1) is 17.4 Å². The lowest BCUT2D eigenvalue weighted by Crippen LogP contribution is -2.33. The van der Waals surface area contributed by atoms with Gasteiger partial charge in [-0.1, -0.05) is 12.1 Å². The van der Waals surface area contributed by atoms with E-state index in [0.29, 0.717) is 0 Å². The molecule has 0 aliphatic heterocycles. The van der Waals surface area contributed by atoms with Gasteiger partial charge in [-0.15, -0.1) is 0 Å². The summed E-state index contributed by atoms with van der Waals surface area (Å²) in [5.41, 5.74) is 0.732. The van der Waals surface area contributed by atoms with Crippen molar-refractivity contribution in [3.8, 4) is 6.07 Å². The van der Waals surface area contributed by atoms with E-state index in [2.05, 4.69) is 4.72 Å². The summed E-state index contributed by atoms with van der Waals surface area (Å²) >= 11 is 0. The Labute approximate surface area is 142 Å². The molecule has 2 rings (SSSR count). The van der Waals surface area contributed by atoms with Crippen LogP contribution in [0.3, 0.4) is 0 Å². The molecule has 0 aromatic heterocycles. The van der Waals surface area contributed by atoms with Crippen LogP contribution in [0.5, 0.6) is 0 Å². The summed E-state index contributed by atoms with van der Waals surface area (Å²) < 4.78 is 26.8. The predicted octanol–water partition coefficient (Wildman–Crippen LogP) is 1.90. The molecule has 1 atom stereocenters. The van der Waals surface area contributed by atoms with E-state index in [1.165, 1.54) is 23.1 Å². The number of benzene rings is 1. The van der Waals surface area contributed by atoms with Crippen LogP contribution in [0, 0.1) is 11.3 Å². The maximum absolute atomic E-state index is 12.1. The third kappa shape index (κ3) is 4.91. The molecular formula is C17H21N3O3S. The predicted molar refractivity (Wildman–Crippen MR) is 91.3 cm³/mol. The first-order chi connectivity index (χ1) is 11.3. The molecule has 7 heteroatoms. The number of carbonyl (C=O) groups is 1.